The molecule has 6 heteroatoms. The molecular weight excluding hydrogens is 316 g/mol. The van der Waals surface area contributed by atoms with Gasteiger partial charge in [-0.05, 0) is 44.0 Å². The maximum absolute atomic E-state index is 9.96. The molecule has 2 rings (SSSR count). The first-order valence-electron chi connectivity index (χ1n) is 9.22. The largest absolute Gasteiger partial charge is 0.508 e. The number of benzene rings is 1. The second-order valence-corrected chi connectivity index (χ2v) is 6.44. The molecule has 0 aliphatic carbocycles. The Bertz CT molecular complexity index is 562. The molecule has 1 heterocycles. The molecule has 0 bridgehead atoms. The van der Waals surface area contributed by atoms with Crippen LogP contribution >= 0.6 is 0 Å². The van der Waals surface area contributed by atoms with Crippen LogP contribution in [0.5, 0.6) is 11.5 Å². The van der Waals surface area contributed by atoms with Crippen LogP contribution < -0.4 is 15.4 Å². The second kappa shape index (κ2) is 10.1. The van der Waals surface area contributed by atoms with Crippen LogP contribution in [0.25, 0.3) is 0 Å². The molecule has 1 fully saturated rings. The Kier molecular flexibility index (Phi) is 7.85. The lowest BCUT2D eigenvalue weighted by Crippen LogP contribution is -2.45. The van der Waals surface area contributed by atoms with Gasteiger partial charge in [0.1, 0.15) is 11.5 Å². The molecule has 0 saturated carbocycles. The molecule has 0 amide bonds. The van der Waals surface area contributed by atoms with E-state index in [1.165, 1.54) is 32.2 Å². The number of nitrogens with one attached hydrogen (secondary N) is 2. The van der Waals surface area contributed by atoms with Gasteiger partial charge in [-0.2, -0.15) is 0 Å². The number of hydrogen-bond acceptors (Lipinski definition) is 4. The van der Waals surface area contributed by atoms with E-state index in [1.807, 2.05) is 6.07 Å². The van der Waals surface area contributed by atoms with E-state index in [0.717, 1.165) is 36.4 Å². The Labute approximate surface area is 151 Å². The van der Waals surface area contributed by atoms with Gasteiger partial charge in [0.15, 0.2) is 5.96 Å². The Morgan fingerprint density at radius 2 is 2.20 bits per heavy atom. The summed E-state index contributed by atoms with van der Waals surface area (Å²) < 4.78 is 5.21. The van der Waals surface area contributed by atoms with Gasteiger partial charge in [0.2, 0.25) is 0 Å². The molecule has 1 aromatic carbocycles. The summed E-state index contributed by atoms with van der Waals surface area (Å²) in [6.07, 6.45) is 5.20. The lowest BCUT2D eigenvalue weighted by Gasteiger charge is -2.35. The molecule has 1 saturated heterocycles. The van der Waals surface area contributed by atoms with E-state index >= 15 is 0 Å². The number of likely N-dealkylation sites (tertiary alicyclic amines) is 1. The van der Waals surface area contributed by atoms with Gasteiger partial charge in [0, 0.05) is 38.3 Å². The second-order valence-electron chi connectivity index (χ2n) is 6.44. The van der Waals surface area contributed by atoms with E-state index < -0.39 is 0 Å². The summed E-state index contributed by atoms with van der Waals surface area (Å²) in [7, 11) is 3.38. The number of piperidine rings is 1. The number of aromatic hydroxyl groups is 1. The monoisotopic (exact) mass is 348 g/mol. The van der Waals surface area contributed by atoms with Crippen molar-refractivity contribution >= 4 is 5.96 Å². The molecule has 1 unspecified atom stereocenters. The molecule has 1 atom stereocenters. The predicted molar refractivity (Wildman–Crippen MR) is 102 cm³/mol. The highest BCUT2D eigenvalue weighted by Gasteiger charge is 2.19. The number of phenolic OH excluding ortho intramolecular Hbond substituents is 1. The molecule has 0 radical (unpaired) electrons. The fraction of sp³-hybridized carbons (Fsp3) is 0.632. The fourth-order valence-corrected chi connectivity index (χ4v) is 3.36. The van der Waals surface area contributed by atoms with Crippen LogP contribution in [0.3, 0.4) is 0 Å². The van der Waals surface area contributed by atoms with Crippen LogP contribution in [0.15, 0.2) is 23.2 Å². The van der Waals surface area contributed by atoms with E-state index in [1.54, 1.807) is 26.3 Å². The molecule has 0 aromatic heterocycles. The summed E-state index contributed by atoms with van der Waals surface area (Å²) in [5.74, 6) is 1.73. The van der Waals surface area contributed by atoms with Gasteiger partial charge in [-0.1, -0.05) is 13.3 Å². The van der Waals surface area contributed by atoms with Crippen molar-refractivity contribution in [3.05, 3.63) is 23.8 Å². The van der Waals surface area contributed by atoms with Crippen molar-refractivity contribution in [3.63, 3.8) is 0 Å². The molecule has 0 spiro atoms. The normalized spacial score (nSPS) is 18.8. The number of nitrogens with zero attached hydrogens (tertiary/aromatic N) is 2. The number of aliphatic imine (C=N–C) groups is 1. The van der Waals surface area contributed by atoms with Crippen LogP contribution in [-0.2, 0) is 6.54 Å². The van der Waals surface area contributed by atoms with E-state index in [4.69, 9.17) is 4.74 Å². The highest BCUT2D eigenvalue weighted by molar-refractivity contribution is 5.79. The Balaban J connectivity index is 1.79. The summed E-state index contributed by atoms with van der Waals surface area (Å²) in [4.78, 5) is 6.84. The SMILES string of the molecule is CCC1CCCCN1CCNC(=NC)NCc1cc(OC)ccc1O. The fourth-order valence-electron chi connectivity index (χ4n) is 3.36. The van der Waals surface area contributed by atoms with Gasteiger partial charge < -0.3 is 20.5 Å². The van der Waals surface area contributed by atoms with Crippen molar-refractivity contribution in [3.8, 4) is 11.5 Å². The van der Waals surface area contributed by atoms with E-state index in [2.05, 4.69) is 27.4 Å². The Morgan fingerprint density at radius 3 is 2.92 bits per heavy atom. The minimum absolute atomic E-state index is 0.253. The van der Waals surface area contributed by atoms with Gasteiger partial charge in [0.25, 0.3) is 0 Å². The molecule has 3 N–H and O–H groups in total. The van der Waals surface area contributed by atoms with E-state index in [-0.39, 0.29) is 5.75 Å². The highest BCUT2D eigenvalue weighted by Crippen LogP contribution is 2.22. The number of hydrogen-bond donors (Lipinski definition) is 3. The van der Waals surface area contributed by atoms with Crippen molar-refractivity contribution in [1.82, 2.24) is 15.5 Å². The molecule has 140 valence electrons. The van der Waals surface area contributed by atoms with Crippen molar-refractivity contribution in [1.29, 1.82) is 0 Å². The van der Waals surface area contributed by atoms with Crippen LogP contribution in [-0.4, -0.2) is 55.8 Å². The first-order chi connectivity index (χ1) is 12.2. The minimum Gasteiger partial charge on any atom is -0.508 e. The molecular formula is C19H32N4O2. The van der Waals surface area contributed by atoms with Crippen molar-refractivity contribution in [2.24, 2.45) is 4.99 Å². The van der Waals surface area contributed by atoms with Gasteiger partial charge in [0.05, 0.1) is 7.11 Å². The van der Waals surface area contributed by atoms with Gasteiger partial charge in [-0.3, -0.25) is 9.89 Å². The zero-order valence-corrected chi connectivity index (χ0v) is 15.7. The topological polar surface area (TPSA) is 69.1 Å². The summed E-state index contributed by atoms with van der Waals surface area (Å²) in [6, 6.07) is 5.94. The zero-order chi connectivity index (χ0) is 18.1. The predicted octanol–water partition coefficient (Wildman–Crippen LogP) is 2.33. The standard InChI is InChI=1S/C19H32N4O2/c1-4-16-7-5-6-11-23(16)12-10-21-19(20-2)22-14-15-13-17(25-3)8-9-18(15)24/h8-9,13,16,24H,4-7,10-12,14H2,1-3H3,(H2,20,21,22). The smallest absolute Gasteiger partial charge is 0.191 e. The van der Waals surface area contributed by atoms with E-state index in [9.17, 15) is 5.11 Å². The first-order valence-corrected chi connectivity index (χ1v) is 9.22. The number of guanidine groups is 1. The molecule has 6 nitrogen and oxygen atoms in total. The highest BCUT2D eigenvalue weighted by atomic mass is 16.5. The maximum atomic E-state index is 9.96. The van der Waals surface area contributed by atoms with Gasteiger partial charge in [-0.25, -0.2) is 0 Å². The summed E-state index contributed by atoms with van der Waals surface area (Å²) >= 11 is 0. The zero-order valence-electron chi connectivity index (χ0n) is 15.7. The third-order valence-corrected chi connectivity index (χ3v) is 4.87. The van der Waals surface area contributed by atoms with Gasteiger partial charge in [-0.15, -0.1) is 0 Å². The lowest BCUT2D eigenvalue weighted by molar-refractivity contribution is 0.147. The summed E-state index contributed by atoms with van der Waals surface area (Å²) in [5.41, 5.74) is 0.782. The molecule has 1 aliphatic heterocycles. The molecule has 1 aromatic rings. The first kappa shape index (κ1) is 19.4. The average molecular weight is 348 g/mol. The molecule has 1 aliphatic rings. The van der Waals surface area contributed by atoms with Gasteiger partial charge >= 0.3 is 0 Å². The number of ether oxygens (including phenoxy) is 1. The third kappa shape index (κ3) is 5.81. The van der Waals surface area contributed by atoms with Crippen molar-refractivity contribution < 1.29 is 9.84 Å². The Morgan fingerprint density at radius 1 is 1.36 bits per heavy atom. The number of phenols is 1. The quantitative estimate of drug-likeness (QED) is 0.521. The average Bonchev–Trinajstić information content (AvgIpc) is 2.66. The maximum Gasteiger partial charge on any atom is 0.191 e. The minimum atomic E-state index is 0.253. The van der Waals surface area contributed by atoms with E-state index in [0.29, 0.717) is 6.54 Å². The van der Waals surface area contributed by atoms with Crippen LogP contribution in [0.2, 0.25) is 0 Å². The molecule has 25 heavy (non-hydrogen) atoms. The number of methoxy groups -OCH3 is 1. The summed E-state index contributed by atoms with van der Waals surface area (Å²) in [5, 5.41) is 16.6. The number of rotatable bonds is 7. The Hall–Kier alpha value is -1.95. The van der Waals surface area contributed by atoms with Crippen LogP contribution in [0.1, 0.15) is 38.2 Å². The van der Waals surface area contributed by atoms with Crippen molar-refractivity contribution in [2.45, 2.75) is 45.2 Å². The van der Waals surface area contributed by atoms with Crippen molar-refractivity contribution in [2.75, 3.05) is 33.8 Å². The summed E-state index contributed by atoms with van der Waals surface area (Å²) in [6.45, 7) is 5.86. The lowest BCUT2D eigenvalue weighted by atomic mass is 10.0. The van der Waals surface area contributed by atoms with Crippen LogP contribution in [0, 0.1) is 0 Å². The van der Waals surface area contributed by atoms with Crippen LogP contribution in [0.4, 0.5) is 0 Å². The third-order valence-electron chi connectivity index (χ3n) is 4.87.